The van der Waals surface area contributed by atoms with Crippen LogP contribution in [0.4, 0.5) is 10.1 Å². The van der Waals surface area contributed by atoms with Gasteiger partial charge in [-0.3, -0.25) is 4.79 Å². The van der Waals surface area contributed by atoms with Gasteiger partial charge < -0.3 is 10.2 Å². The second-order valence-electron chi connectivity index (χ2n) is 4.00. The van der Waals surface area contributed by atoms with Gasteiger partial charge in [0, 0.05) is 13.6 Å². The lowest BCUT2D eigenvalue weighted by molar-refractivity contribution is -0.128. The average Bonchev–Trinajstić information content (AvgIpc) is 2.34. The third-order valence-electron chi connectivity index (χ3n) is 2.58. The number of halogens is 1. The van der Waals surface area contributed by atoms with Gasteiger partial charge in [-0.15, -0.1) is 0 Å². The van der Waals surface area contributed by atoms with Crippen molar-refractivity contribution in [2.24, 2.45) is 0 Å². The molecule has 1 N–H and O–H groups in total. The molecule has 0 radical (unpaired) electrons. The summed E-state index contributed by atoms with van der Waals surface area (Å²) in [6.45, 7) is 2.95. The molecular weight excluding hydrogens is 219 g/mol. The molecule has 0 heterocycles. The van der Waals surface area contributed by atoms with E-state index in [9.17, 15) is 9.18 Å². The molecular formula is C13H19FN2O. The van der Waals surface area contributed by atoms with Crippen LogP contribution in [0.1, 0.15) is 19.8 Å². The minimum absolute atomic E-state index is 0.0262. The molecule has 17 heavy (non-hydrogen) atoms. The molecule has 4 heteroatoms. The Morgan fingerprint density at radius 1 is 1.41 bits per heavy atom. The smallest absolute Gasteiger partial charge is 0.241 e. The second-order valence-corrected chi connectivity index (χ2v) is 4.00. The van der Waals surface area contributed by atoms with Crippen molar-refractivity contribution in [1.82, 2.24) is 4.90 Å². The van der Waals surface area contributed by atoms with E-state index in [0.717, 1.165) is 19.4 Å². The van der Waals surface area contributed by atoms with Crippen LogP contribution in [0.25, 0.3) is 0 Å². The van der Waals surface area contributed by atoms with Gasteiger partial charge in [-0.25, -0.2) is 4.39 Å². The van der Waals surface area contributed by atoms with Gasteiger partial charge in [-0.1, -0.05) is 25.5 Å². The summed E-state index contributed by atoms with van der Waals surface area (Å²) in [6, 6.07) is 6.34. The van der Waals surface area contributed by atoms with Crippen LogP contribution in [0.15, 0.2) is 24.3 Å². The van der Waals surface area contributed by atoms with Gasteiger partial charge in [-0.05, 0) is 18.6 Å². The Morgan fingerprint density at radius 2 is 2.12 bits per heavy atom. The molecule has 0 aromatic heterocycles. The fourth-order valence-electron chi connectivity index (χ4n) is 1.43. The maximum Gasteiger partial charge on any atom is 0.241 e. The van der Waals surface area contributed by atoms with Crippen LogP contribution in [-0.4, -0.2) is 30.9 Å². The summed E-state index contributed by atoms with van der Waals surface area (Å²) in [6.07, 6.45) is 2.04. The van der Waals surface area contributed by atoms with Crippen molar-refractivity contribution in [2.75, 3.05) is 25.5 Å². The number of likely N-dealkylation sites (N-methyl/N-ethyl adjacent to an activating group) is 1. The van der Waals surface area contributed by atoms with Gasteiger partial charge in [0.2, 0.25) is 5.91 Å². The predicted octanol–water partition coefficient (Wildman–Crippen LogP) is 2.50. The number of hydrogen-bond donors (Lipinski definition) is 1. The third kappa shape index (κ3) is 4.43. The topological polar surface area (TPSA) is 32.3 Å². The number of para-hydroxylation sites is 1. The first-order chi connectivity index (χ1) is 8.15. The van der Waals surface area contributed by atoms with E-state index in [1.54, 1.807) is 30.1 Å². The molecule has 0 saturated heterocycles. The summed E-state index contributed by atoms with van der Waals surface area (Å²) in [5, 5.41) is 2.80. The monoisotopic (exact) mass is 238 g/mol. The number of rotatable bonds is 6. The Morgan fingerprint density at radius 3 is 2.76 bits per heavy atom. The summed E-state index contributed by atoms with van der Waals surface area (Å²) in [4.78, 5) is 13.3. The molecule has 0 fully saturated rings. The standard InChI is InChI=1S/C13H19FN2O/c1-3-4-9-16(2)13(17)10-15-12-8-6-5-7-11(12)14/h5-8,15H,3-4,9-10H2,1-2H3. The van der Waals surface area contributed by atoms with Crippen molar-refractivity contribution in [3.05, 3.63) is 30.1 Å². The molecule has 0 aliphatic carbocycles. The average molecular weight is 238 g/mol. The second kappa shape index (κ2) is 6.89. The lowest BCUT2D eigenvalue weighted by atomic mass is 10.3. The maximum absolute atomic E-state index is 13.3. The van der Waals surface area contributed by atoms with Crippen molar-refractivity contribution >= 4 is 11.6 Å². The highest BCUT2D eigenvalue weighted by Crippen LogP contribution is 2.11. The van der Waals surface area contributed by atoms with Crippen molar-refractivity contribution in [3.8, 4) is 0 Å². The molecule has 0 unspecified atom stereocenters. The molecule has 1 aromatic carbocycles. The largest absolute Gasteiger partial charge is 0.374 e. The van der Waals surface area contributed by atoms with E-state index in [0.29, 0.717) is 5.69 Å². The highest BCUT2D eigenvalue weighted by molar-refractivity contribution is 5.80. The molecule has 1 rings (SSSR count). The Bertz CT molecular complexity index is 368. The SMILES string of the molecule is CCCCN(C)C(=O)CNc1ccccc1F. The molecule has 0 aliphatic heterocycles. The molecule has 0 saturated carbocycles. The molecule has 3 nitrogen and oxygen atoms in total. The molecule has 1 aromatic rings. The van der Waals surface area contributed by atoms with E-state index < -0.39 is 0 Å². The number of anilines is 1. The van der Waals surface area contributed by atoms with Crippen LogP contribution in [0.3, 0.4) is 0 Å². The van der Waals surface area contributed by atoms with E-state index in [1.807, 2.05) is 0 Å². The zero-order valence-electron chi connectivity index (χ0n) is 10.4. The van der Waals surface area contributed by atoms with Gasteiger partial charge in [0.1, 0.15) is 5.82 Å². The Kier molecular flexibility index (Phi) is 5.46. The quantitative estimate of drug-likeness (QED) is 0.825. The zero-order chi connectivity index (χ0) is 12.7. The Labute approximate surface area is 102 Å². The zero-order valence-corrected chi connectivity index (χ0v) is 10.4. The minimum Gasteiger partial charge on any atom is -0.374 e. The molecule has 0 bridgehead atoms. The number of nitrogens with one attached hydrogen (secondary N) is 1. The van der Waals surface area contributed by atoms with E-state index in [4.69, 9.17) is 0 Å². The highest BCUT2D eigenvalue weighted by atomic mass is 19.1. The number of nitrogens with zero attached hydrogens (tertiary/aromatic N) is 1. The fraction of sp³-hybridized carbons (Fsp3) is 0.462. The summed E-state index contributed by atoms with van der Waals surface area (Å²) in [7, 11) is 1.76. The molecule has 0 aliphatic rings. The van der Waals surface area contributed by atoms with Crippen LogP contribution in [0.5, 0.6) is 0 Å². The number of unbranched alkanes of at least 4 members (excludes halogenated alkanes) is 1. The fourth-order valence-corrected chi connectivity index (χ4v) is 1.43. The minimum atomic E-state index is -0.337. The normalized spacial score (nSPS) is 10.1. The van der Waals surface area contributed by atoms with Gasteiger partial charge in [0.05, 0.1) is 12.2 Å². The lowest BCUT2D eigenvalue weighted by Crippen LogP contribution is -2.33. The number of carbonyl (C=O) groups excluding carboxylic acids is 1. The third-order valence-corrected chi connectivity index (χ3v) is 2.58. The Balaban J connectivity index is 2.40. The van der Waals surface area contributed by atoms with Crippen molar-refractivity contribution in [1.29, 1.82) is 0 Å². The number of hydrogen-bond acceptors (Lipinski definition) is 2. The van der Waals surface area contributed by atoms with E-state index in [1.165, 1.54) is 6.07 Å². The lowest BCUT2D eigenvalue weighted by Gasteiger charge is -2.17. The van der Waals surface area contributed by atoms with E-state index in [-0.39, 0.29) is 18.3 Å². The van der Waals surface area contributed by atoms with Gasteiger partial charge in [0.25, 0.3) is 0 Å². The molecule has 0 atom stereocenters. The summed E-state index contributed by atoms with van der Waals surface area (Å²) < 4.78 is 13.3. The van der Waals surface area contributed by atoms with Gasteiger partial charge in [0.15, 0.2) is 0 Å². The Hall–Kier alpha value is -1.58. The van der Waals surface area contributed by atoms with Crippen LogP contribution in [0.2, 0.25) is 0 Å². The number of benzene rings is 1. The predicted molar refractivity (Wildman–Crippen MR) is 67.4 cm³/mol. The highest BCUT2D eigenvalue weighted by Gasteiger charge is 2.08. The molecule has 0 spiro atoms. The van der Waals surface area contributed by atoms with Crippen LogP contribution < -0.4 is 5.32 Å². The first kappa shape index (κ1) is 13.5. The molecule has 1 amide bonds. The first-order valence-corrected chi connectivity index (χ1v) is 5.87. The van der Waals surface area contributed by atoms with Crippen LogP contribution in [0, 0.1) is 5.82 Å². The van der Waals surface area contributed by atoms with Crippen LogP contribution in [-0.2, 0) is 4.79 Å². The van der Waals surface area contributed by atoms with Gasteiger partial charge >= 0.3 is 0 Å². The summed E-state index contributed by atoms with van der Waals surface area (Å²) in [5.41, 5.74) is 0.366. The van der Waals surface area contributed by atoms with Crippen molar-refractivity contribution in [2.45, 2.75) is 19.8 Å². The summed E-state index contributed by atoms with van der Waals surface area (Å²) in [5.74, 6) is -0.363. The molecule has 94 valence electrons. The number of carbonyl (C=O) groups is 1. The van der Waals surface area contributed by atoms with E-state index in [2.05, 4.69) is 12.2 Å². The summed E-state index contributed by atoms with van der Waals surface area (Å²) >= 11 is 0. The van der Waals surface area contributed by atoms with Crippen molar-refractivity contribution < 1.29 is 9.18 Å². The van der Waals surface area contributed by atoms with E-state index >= 15 is 0 Å². The van der Waals surface area contributed by atoms with Gasteiger partial charge in [-0.2, -0.15) is 0 Å². The van der Waals surface area contributed by atoms with Crippen molar-refractivity contribution in [3.63, 3.8) is 0 Å². The maximum atomic E-state index is 13.3. The van der Waals surface area contributed by atoms with Crippen LogP contribution >= 0.6 is 0 Å². The number of amides is 1. The first-order valence-electron chi connectivity index (χ1n) is 5.87.